The number of hydrogen-bond donors (Lipinski definition) is 1. The second-order valence-corrected chi connectivity index (χ2v) is 7.38. The Kier molecular flexibility index (Phi) is 4.18. The largest absolute Gasteiger partial charge is 0.331 e. The van der Waals surface area contributed by atoms with Gasteiger partial charge in [-0.1, -0.05) is 29.8 Å². The lowest BCUT2D eigenvalue weighted by Crippen LogP contribution is -2.32. The lowest BCUT2D eigenvalue weighted by molar-refractivity contribution is 0.212. The second kappa shape index (κ2) is 5.38. The molecule has 0 radical (unpaired) electrons. The molecule has 1 aromatic heterocycles. The number of fused-ring (bicyclic) bond motifs is 1. The molecule has 0 amide bonds. The van der Waals surface area contributed by atoms with E-state index in [0.717, 1.165) is 33.4 Å². The Morgan fingerprint density at radius 3 is 2.68 bits per heavy atom. The van der Waals surface area contributed by atoms with Crippen LogP contribution in [0.15, 0.2) is 22.7 Å². The normalized spacial score (nSPS) is 12.5. The van der Waals surface area contributed by atoms with Crippen molar-refractivity contribution < 1.29 is 0 Å². The van der Waals surface area contributed by atoms with E-state index >= 15 is 0 Å². The van der Waals surface area contributed by atoms with Crippen LogP contribution >= 0.6 is 28.1 Å². The number of nitrogens with zero attached hydrogens (tertiary/aromatic N) is 2. The van der Waals surface area contributed by atoms with Crippen molar-refractivity contribution in [3.05, 3.63) is 27.4 Å². The molecule has 0 fully saturated rings. The lowest BCUT2D eigenvalue weighted by atomic mass is 9.93. The summed E-state index contributed by atoms with van der Waals surface area (Å²) in [7, 11) is 4.21. The van der Waals surface area contributed by atoms with Crippen LogP contribution < -0.4 is 0 Å². The molecule has 1 N–H and O–H groups in total. The average molecular weight is 342 g/mol. The standard InChI is InChI=1S/C14H20BrN3S/c1-14(2,8-17(3)4)9-18-12-7-10(15)5-6-11(12)16-13(18)19/h5-7H,8-9H2,1-4H3,(H,16,19). The Hall–Kier alpha value is -0.650. The second-order valence-electron chi connectivity index (χ2n) is 6.08. The molecule has 1 aromatic carbocycles. The summed E-state index contributed by atoms with van der Waals surface area (Å²) in [4.78, 5) is 5.49. The van der Waals surface area contributed by atoms with Gasteiger partial charge in [-0.25, -0.2) is 0 Å². The quantitative estimate of drug-likeness (QED) is 0.848. The molecule has 0 bridgehead atoms. The zero-order valence-electron chi connectivity index (χ0n) is 11.8. The Morgan fingerprint density at radius 2 is 2.05 bits per heavy atom. The van der Waals surface area contributed by atoms with Crippen LogP contribution in [-0.4, -0.2) is 35.1 Å². The molecule has 0 saturated heterocycles. The molecule has 2 aromatic rings. The minimum atomic E-state index is 0.166. The number of imidazole rings is 1. The molecule has 0 spiro atoms. The first-order valence-electron chi connectivity index (χ1n) is 6.31. The van der Waals surface area contributed by atoms with Gasteiger partial charge in [0, 0.05) is 17.6 Å². The van der Waals surface area contributed by atoms with Crippen LogP contribution in [0.4, 0.5) is 0 Å². The number of aromatic amines is 1. The summed E-state index contributed by atoms with van der Waals surface area (Å²) >= 11 is 8.98. The third-order valence-corrected chi connectivity index (χ3v) is 3.88. The van der Waals surface area contributed by atoms with E-state index < -0.39 is 0 Å². The van der Waals surface area contributed by atoms with E-state index in [0.29, 0.717) is 0 Å². The first kappa shape index (κ1) is 14.8. The molecule has 2 rings (SSSR count). The highest BCUT2D eigenvalue weighted by Gasteiger charge is 2.21. The van der Waals surface area contributed by atoms with Crippen LogP contribution in [0.3, 0.4) is 0 Å². The van der Waals surface area contributed by atoms with E-state index in [1.54, 1.807) is 0 Å². The van der Waals surface area contributed by atoms with Gasteiger partial charge in [0.25, 0.3) is 0 Å². The summed E-state index contributed by atoms with van der Waals surface area (Å²) in [6.07, 6.45) is 0. The molecule has 0 atom stereocenters. The number of benzene rings is 1. The van der Waals surface area contributed by atoms with Crippen molar-refractivity contribution in [2.24, 2.45) is 5.41 Å². The van der Waals surface area contributed by atoms with Crippen LogP contribution in [0.5, 0.6) is 0 Å². The van der Waals surface area contributed by atoms with Gasteiger partial charge in [0.15, 0.2) is 4.77 Å². The Balaban J connectivity index is 2.42. The number of hydrogen-bond acceptors (Lipinski definition) is 2. The van der Waals surface area contributed by atoms with Gasteiger partial charge in [-0.15, -0.1) is 0 Å². The molecule has 104 valence electrons. The molecule has 0 unspecified atom stereocenters. The summed E-state index contributed by atoms with van der Waals surface area (Å²) in [5.74, 6) is 0. The molecule has 3 nitrogen and oxygen atoms in total. The van der Waals surface area contributed by atoms with Crippen LogP contribution in [0, 0.1) is 10.2 Å². The molecule has 0 aliphatic heterocycles. The van der Waals surface area contributed by atoms with Crippen molar-refractivity contribution >= 4 is 39.2 Å². The van der Waals surface area contributed by atoms with Gasteiger partial charge in [-0.05, 0) is 49.9 Å². The smallest absolute Gasteiger partial charge is 0.178 e. The molecule has 5 heteroatoms. The van der Waals surface area contributed by atoms with E-state index in [4.69, 9.17) is 12.2 Å². The monoisotopic (exact) mass is 341 g/mol. The van der Waals surface area contributed by atoms with Crippen LogP contribution in [0.1, 0.15) is 13.8 Å². The Labute approximate surface area is 127 Å². The van der Waals surface area contributed by atoms with Gasteiger partial charge < -0.3 is 14.5 Å². The SMILES string of the molecule is CN(C)CC(C)(C)Cn1c(=S)[nH]c2ccc(Br)cc21. The van der Waals surface area contributed by atoms with Crippen molar-refractivity contribution in [3.8, 4) is 0 Å². The molecule has 0 aliphatic rings. The number of halogens is 1. The fourth-order valence-electron chi connectivity index (χ4n) is 2.62. The van der Waals surface area contributed by atoms with E-state index in [2.05, 4.69) is 70.5 Å². The van der Waals surface area contributed by atoms with E-state index in [1.165, 1.54) is 0 Å². The first-order valence-corrected chi connectivity index (χ1v) is 7.51. The van der Waals surface area contributed by atoms with Gasteiger partial charge in [0.05, 0.1) is 11.0 Å². The van der Waals surface area contributed by atoms with Crippen molar-refractivity contribution in [1.29, 1.82) is 0 Å². The van der Waals surface area contributed by atoms with Gasteiger partial charge in [0.2, 0.25) is 0 Å². The third-order valence-electron chi connectivity index (χ3n) is 3.07. The zero-order valence-corrected chi connectivity index (χ0v) is 14.2. The fraction of sp³-hybridized carbons (Fsp3) is 0.500. The van der Waals surface area contributed by atoms with E-state index in [-0.39, 0.29) is 5.41 Å². The lowest BCUT2D eigenvalue weighted by Gasteiger charge is -2.28. The van der Waals surface area contributed by atoms with Gasteiger partial charge in [-0.2, -0.15) is 0 Å². The molecule has 1 heterocycles. The Morgan fingerprint density at radius 1 is 1.37 bits per heavy atom. The summed E-state index contributed by atoms with van der Waals surface area (Å²) in [6, 6.07) is 6.21. The molecule has 0 saturated carbocycles. The molecular weight excluding hydrogens is 322 g/mol. The van der Waals surface area contributed by atoms with Crippen molar-refractivity contribution in [3.63, 3.8) is 0 Å². The van der Waals surface area contributed by atoms with Gasteiger partial charge in [0.1, 0.15) is 0 Å². The first-order chi connectivity index (χ1) is 8.78. The minimum absolute atomic E-state index is 0.166. The summed E-state index contributed by atoms with van der Waals surface area (Å²) in [5.41, 5.74) is 2.42. The molecule has 0 aliphatic carbocycles. The average Bonchev–Trinajstić information content (AvgIpc) is 2.53. The highest BCUT2D eigenvalue weighted by atomic mass is 79.9. The van der Waals surface area contributed by atoms with Crippen LogP contribution in [0.25, 0.3) is 11.0 Å². The minimum Gasteiger partial charge on any atom is -0.331 e. The van der Waals surface area contributed by atoms with Crippen LogP contribution in [0.2, 0.25) is 0 Å². The number of H-pyrrole nitrogens is 1. The molecular formula is C14H20BrN3S. The third kappa shape index (κ3) is 3.46. The van der Waals surface area contributed by atoms with Crippen molar-refractivity contribution in [1.82, 2.24) is 14.5 Å². The van der Waals surface area contributed by atoms with Crippen molar-refractivity contribution in [2.45, 2.75) is 20.4 Å². The van der Waals surface area contributed by atoms with E-state index in [1.807, 2.05) is 6.07 Å². The molecule has 19 heavy (non-hydrogen) atoms. The maximum atomic E-state index is 5.46. The highest BCUT2D eigenvalue weighted by Crippen LogP contribution is 2.25. The van der Waals surface area contributed by atoms with E-state index in [9.17, 15) is 0 Å². The summed E-state index contributed by atoms with van der Waals surface area (Å²) in [6.45, 7) is 6.47. The maximum absolute atomic E-state index is 5.46. The predicted octanol–water partition coefficient (Wildman–Crippen LogP) is 4.05. The number of aromatic nitrogens is 2. The van der Waals surface area contributed by atoms with Gasteiger partial charge in [-0.3, -0.25) is 0 Å². The number of rotatable bonds is 4. The number of nitrogens with one attached hydrogen (secondary N) is 1. The van der Waals surface area contributed by atoms with Crippen LogP contribution in [-0.2, 0) is 6.54 Å². The topological polar surface area (TPSA) is 24.0 Å². The highest BCUT2D eigenvalue weighted by molar-refractivity contribution is 9.10. The van der Waals surface area contributed by atoms with Gasteiger partial charge >= 0.3 is 0 Å². The summed E-state index contributed by atoms with van der Waals surface area (Å²) < 4.78 is 4.06. The maximum Gasteiger partial charge on any atom is 0.178 e. The predicted molar refractivity (Wildman–Crippen MR) is 87.2 cm³/mol. The van der Waals surface area contributed by atoms with Crippen molar-refractivity contribution in [2.75, 3.05) is 20.6 Å². The fourth-order valence-corrected chi connectivity index (χ4v) is 3.24. The zero-order chi connectivity index (χ0) is 14.2. The Bertz CT molecular complexity index is 640. The summed E-state index contributed by atoms with van der Waals surface area (Å²) in [5, 5.41) is 0.